The third kappa shape index (κ3) is 5.69. The largest absolute Gasteiger partial charge is 0.356 e. The summed E-state index contributed by atoms with van der Waals surface area (Å²) in [5.74, 6) is 1.32. The third-order valence-corrected chi connectivity index (χ3v) is 5.19. The number of likely N-dealkylation sites (tertiary alicyclic amines) is 1. The minimum atomic E-state index is -0.234. The summed E-state index contributed by atoms with van der Waals surface area (Å²) in [6.07, 6.45) is 4.89. The molecule has 1 saturated carbocycles. The van der Waals surface area contributed by atoms with Gasteiger partial charge in [0, 0.05) is 30.7 Å². The second kappa shape index (κ2) is 9.92. The first-order valence-corrected chi connectivity index (χ1v) is 9.19. The van der Waals surface area contributed by atoms with Crippen LogP contribution in [0.1, 0.15) is 37.3 Å². The van der Waals surface area contributed by atoms with Gasteiger partial charge < -0.3 is 10.6 Å². The molecule has 1 atom stereocenters. The van der Waals surface area contributed by atoms with Crippen LogP contribution in [0, 0.1) is 11.7 Å². The smallest absolute Gasteiger partial charge is 0.191 e. The summed E-state index contributed by atoms with van der Waals surface area (Å²) >= 11 is 6.32. The van der Waals surface area contributed by atoms with E-state index in [1.54, 1.807) is 19.2 Å². The molecule has 140 valence electrons. The minimum absolute atomic E-state index is 0. The summed E-state index contributed by atoms with van der Waals surface area (Å²) in [6, 6.07) is 4.83. The molecule has 1 aliphatic heterocycles. The van der Waals surface area contributed by atoms with Crippen molar-refractivity contribution in [2.45, 2.75) is 31.7 Å². The van der Waals surface area contributed by atoms with Gasteiger partial charge in [0.15, 0.2) is 5.96 Å². The van der Waals surface area contributed by atoms with Gasteiger partial charge in [-0.2, -0.15) is 0 Å². The normalized spacial score (nSPS) is 19.4. The highest BCUT2D eigenvalue weighted by Crippen LogP contribution is 2.32. The highest BCUT2D eigenvalue weighted by atomic mass is 127. The number of aliphatic imine (C=N–C) groups is 1. The molecule has 1 unspecified atom stereocenters. The monoisotopic (exact) mass is 480 g/mol. The molecule has 25 heavy (non-hydrogen) atoms. The first kappa shape index (κ1) is 20.7. The lowest BCUT2D eigenvalue weighted by molar-refractivity contribution is 0.240. The number of halogens is 3. The lowest BCUT2D eigenvalue weighted by Crippen LogP contribution is -2.43. The Hall–Kier alpha value is -0.600. The molecule has 7 heteroatoms. The third-order valence-electron chi connectivity index (χ3n) is 4.86. The molecule has 0 aromatic heterocycles. The summed E-state index contributed by atoms with van der Waals surface area (Å²) in [5, 5.41) is 7.20. The maximum absolute atomic E-state index is 14.4. The van der Waals surface area contributed by atoms with Crippen molar-refractivity contribution in [2.24, 2.45) is 10.9 Å². The van der Waals surface area contributed by atoms with Crippen molar-refractivity contribution in [3.05, 3.63) is 34.6 Å². The fraction of sp³-hybridized carbons (Fsp3) is 0.611. The molecule has 1 saturated heterocycles. The molecule has 0 radical (unpaired) electrons. The van der Waals surface area contributed by atoms with Crippen molar-refractivity contribution in [2.75, 3.05) is 33.2 Å². The van der Waals surface area contributed by atoms with Crippen molar-refractivity contribution in [3.8, 4) is 0 Å². The Morgan fingerprint density at radius 3 is 2.64 bits per heavy atom. The van der Waals surface area contributed by atoms with Gasteiger partial charge in [-0.25, -0.2) is 4.39 Å². The minimum Gasteiger partial charge on any atom is -0.356 e. The van der Waals surface area contributed by atoms with Crippen LogP contribution in [0.25, 0.3) is 0 Å². The van der Waals surface area contributed by atoms with E-state index >= 15 is 0 Å². The average molecular weight is 481 g/mol. The number of guanidine groups is 1. The van der Waals surface area contributed by atoms with Gasteiger partial charge >= 0.3 is 0 Å². The van der Waals surface area contributed by atoms with Crippen molar-refractivity contribution in [1.29, 1.82) is 0 Å². The predicted octanol–water partition coefficient (Wildman–Crippen LogP) is 3.81. The van der Waals surface area contributed by atoms with E-state index in [1.165, 1.54) is 18.9 Å². The Kier molecular flexibility index (Phi) is 8.22. The number of nitrogens with one attached hydrogen (secondary N) is 2. The van der Waals surface area contributed by atoms with E-state index in [1.807, 2.05) is 0 Å². The highest BCUT2D eigenvalue weighted by Gasteiger charge is 2.28. The fourth-order valence-electron chi connectivity index (χ4n) is 3.27. The van der Waals surface area contributed by atoms with Crippen molar-refractivity contribution in [3.63, 3.8) is 0 Å². The quantitative estimate of drug-likeness (QED) is 0.370. The maximum Gasteiger partial charge on any atom is 0.191 e. The first-order valence-electron chi connectivity index (χ1n) is 8.81. The molecule has 0 spiro atoms. The Balaban J connectivity index is 0.00000225. The average Bonchev–Trinajstić information content (AvgIpc) is 3.24. The molecular formula is C18H27ClFIN4. The number of hydrogen-bond donors (Lipinski definition) is 2. The lowest BCUT2D eigenvalue weighted by atomic mass is 10.0. The molecular weight excluding hydrogens is 454 g/mol. The lowest BCUT2D eigenvalue weighted by Gasteiger charge is -2.29. The number of hydrogen-bond acceptors (Lipinski definition) is 2. The highest BCUT2D eigenvalue weighted by molar-refractivity contribution is 14.0. The van der Waals surface area contributed by atoms with Gasteiger partial charge in [0.25, 0.3) is 0 Å². The number of rotatable bonds is 6. The zero-order chi connectivity index (χ0) is 16.9. The van der Waals surface area contributed by atoms with E-state index in [9.17, 15) is 4.39 Å². The molecule has 0 amide bonds. The molecule has 2 aliphatic rings. The summed E-state index contributed by atoms with van der Waals surface area (Å²) < 4.78 is 14.4. The Bertz CT molecular complexity index is 568. The zero-order valence-corrected chi connectivity index (χ0v) is 17.7. The van der Waals surface area contributed by atoms with E-state index in [4.69, 9.17) is 11.6 Å². The molecule has 1 aliphatic carbocycles. The van der Waals surface area contributed by atoms with Gasteiger partial charge in [-0.05, 0) is 56.8 Å². The van der Waals surface area contributed by atoms with Gasteiger partial charge in [0.2, 0.25) is 0 Å². The molecule has 4 nitrogen and oxygen atoms in total. The van der Waals surface area contributed by atoms with Crippen LogP contribution in [0.4, 0.5) is 4.39 Å². The SMILES string of the molecule is CN=C(NCC1CC1)NCC(c1c(F)cccc1Cl)N1CCCC1.I. The molecule has 0 bridgehead atoms. The van der Waals surface area contributed by atoms with Crippen LogP contribution in [0.15, 0.2) is 23.2 Å². The van der Waals surface area contributed by atoms with Gasteiger partial charge in [-0.15, -0.1) is 24.0 Å². The van der Waals surface area contributed by atoms with Gasteiger partial charge in [-0.1, -0.05) is 17.7 Å². The molecule has 2 fully saturated rings. The van der Waals surface area contributed by atoms with Crippen LogP contribution in [0.5, 0.6) is 0 Å². The van der Waals surface area contributed by atoms with Gasteiger partial charge in [0.1, 0.15) is 5.82 Å². The Morgan fingerprint density at radius 2 is 2.04 bits per heavy atom. The Morgan fingerprint density at radius 1 is 1.32 bits per heavy atom. The van der Waals surface area contributed by atoms with Crippen LogP contribution in [0.3, 0.4) is 0 Å². The van der Waals surface area contributed by atoms with Crippen LogP contribution in [-0.4, -0.2) is 44.1 Å². The van der Waals surface area contributed by atoms with E-state index in [-0.39, 0.29) is 35.8 Å². The van der Waals surface area contributed by atoms with Crippen LogP contribution < -0.4 is 10.6 Å². The van der Waals surface area contributed by atoms with E-state index in [0.717, 1.165) is 44.4 Å². The van der Waals surface area contributed by atoms with Gasteiger partial charge in [-0.3, -0.25) is 9.89 Å². The Labute approximate surface area is 171 Å². The molecule has 1 aromatic rings. The van der Waals surface area contributed by atoms with Crippen molar-refractivity contribution >= 4 is 41.5 Å². The van der Waals surface area contributed by atoms with Crippen LogP contribution >= 0.6 is 35.6 Å². The van der Waals surface area contributed by atoms with Crippen molar-refractivity contribution < 1.29 is 4.39 Å². The summed E-state index contributed by atoms with van der Waals surface area (Å²) in [7, 11) is 1.77. The molecule has 3 rings (SSSR count). The van der Waals surface area contributed by atoms with Crippen LogP contribution in [0.2, 0.25) is 5.02 Å². The van der Waals surface area contributed by atoms with E-state index in [2.05, 4.69) is 20.5 Å². The zero-order valence-electron chi connectivity index (χ0n) is 14.6. The molecule has 1 heterocycles. The van der Waals surface area contributed by atoms with E-state index in [0.29, 0.717) is 17.1 Å². The first-order chi connectivity index (χ1) is 11.7. The molecule has 2 N–H and O–H groups in total. The van der Waals surface area contributed by atoms with Gasteiger partial charge in [0.05, 0.1) is 6.04 Å². The molecule has 1 aromatic carbocycles. The predicted molar refractivity (Wildman–Crippen MR) is 112 cm³/mol. The number of benzene rings is 1. The second-order valence-electron chi connectivity index (χ2n) is 6.67. The maximum atomic E-state index is 14.4. The summed E-state index contributed by atoms with van der Waals surface area (Å²) in [4.78, 5) is 6.59. The summed E-state index contributed by atoms with van der Waals surface area (Å²) in [5.41, 5.74) is 0.589. The standard InChI is InChI=1S/C18H26ClFN4.HI/c1-21-18(22-11-13-7-8-13)23-12-16(24-9-2-3-10-24)17-14(19)5-4-6-15(17)20;/h4-6,13,16H,2-3,7-12H2,1H3,(H2,21,22,23);1H. The van der Waals surface area contributed by atoms with Crippen molar-refractivity contribution in [1.82, 2.24) is 15.5 Å². The number of nitrogens with zero attached hydrogens (tertiary/aromatic N) is 2. The topological polar surface area (TPSA) is 39.7 Å². The van der Waals surface area contributed by atoms with E-state index < -0.39 is 0 Å². The summed E-state index contributed by atoms with van der Waals surface area (Å²) in [6.45, 7) is 3.50. The van der Waals surface area contributed by atoms with Crippen LogP contribution in [-0.2, 0) is 0 Å². The fourth-order valence-corrected chi connectivity index (χ4v) is 3.56. The second-order valence-corrected chi connectivity index (χ2v) is 7.08.